The summed E-state index contributed by atoms with van der Waals surface area (Å²) in [5.74, 6) is 2.31. The predicted molar refractivity (Wildman–Crippen MR) is 69.0 cm³/mol. The lowest BCUT2D eigenvalue weighted by molar-refractivity contribution is -0.00227. The van der Waals surface area contributed by atoms with Gasteiger partial charge in [-0.05, 0) is 36.5 Å². The summed E-state index contributed by atoms with van der Waals surface area (Å²) in [4.78, 5) is 0. The van der Waals surface area contributed by atoms with Crippen LogP contribution in [0, 0.1) is 17.3 Å². The molecule has 93 valence electrons. The van der Waals surface area contributed by atoms with E-state index in [1.165, 1.54) is 12.8 Å². The topological polar surface area (TPSA) is 18.5 Å². The Morgan fingerprint density at radius 1 is 1.47 bits per heavy atom. The molecule has 0 aromatic heterocycles. The van der Waals surface area contributed by atoms with Gasteiger partial charge in [0.15, 0.2) is 0 Å². The molecule has 3 aliphatic carbocycles. The van der Waals surface area contributed by atoms with Gasteiger partial charge in [-0.1, -0.05) is 25.5 Å². The van der Waals surface area contributed by atoms with Crippen LogP contribution in [0.5, 0.6) is 0 Å². The summed E-state index contributed by atoms with van der Waals surface area (Å²) in [6.07, 6.45) is 6.37. The zero-order valence-corrected chi connectivity index (χ0v) is 10.9. The first-order chi connectivity index (χ1) is 8.16. The third-order valence-electron chi connectivity index (χ3n) is 4.99. The van der Waals surface area contributed by atoms with E-state index in [-0.39, 0.29) is 0 Å². The van der Waals surface area contributed by atoms with Crippen LogP contribution in [0.2, 0.25) is 5.82 Å². The summed E-state index contributed by atoms with van der Waals surface area (Å²) in [7, 11) is 1.97. The maximum absolute atomic E-state index is 5.60. The lowest BCUT2D eigenvalue weighted by Crippen LogP contribution is -2.46. The van der Waals surface area contributed by atoms with Crippen molar-refractivity contribution < 1.29 is 9.39 Å². The molecule has 1 saturated carbocycles. The van der Waals surface area contributed by atoms with Crippen molar-refractivity contribution >= 4 is 7.48 Å². The van der Waals surface area contributed by atoms with Crippen molar-refractivity contribution in [3.8, 4) is 0 Å². The molecule has 2 nitrogen and oxygen atoms in total. The molecule has 0 spiro atoms. The molecule has 1 aliphatic heterocycles. The van der Waals surface area contributed by atoms with Crippen LogP contribution in [0.15, 0.2) is 11.6 Å². The molecule has 0 aromatic rings. The summed E-state index contributed by atoms with van der Waals surface area (Å²) in [5.41, 5.74) is 2.20. The molecule has 1 heterocycles. The van der Waals surface area contributed by atoms with Gasteiger partial charge in [-0.3, -0.25) is 0 Å². The van der Waals surface area contributed by atoms with E-state index in [1.807, 2.05) is 7.48 Å². The Balaban J connectivity index is 1.38. The molecule has 0 amide bonds. The van der Waals surface area contributed by atoms with Crippen LogP contribution in [0.4, 0.5) is 0 Å². The van der Waals surface area contributed by atoms with E-state index in [4.69, 9.17) is 9.39 Å². The normalized spacial score (nSPS) is 34.6. The number of hydrogen-bond donors (Lipinski definition) is 0. The second kappa shape index (κ2) is 4.44. The molecule has 0 N–H and O–H groups in total. The maximum Gasteiger partial charge on any atom is 0.300 e. The van der Waals surface area contributed by atoms with Crippen molar-refractivity contribution in [2.45, 2.75) is 38.9 Å². The van der Waals surface area contributed by atoms with Crippen molar-refractivity contribution in [1.82, 2.24) is 0 Å². The Labute approximate surface area is 105 Å². The SMILES string of the molecule is CC1(C)C2C=C(CCO[B]C3COC3)CC1C2. The smallest absolute Gasteiger partial charge is 0.300 e. The molecule has 2 bridgehead atoms. The van der Waals surface area contributed by atoms with E-state index in [2.05, 4.69) is 19.9 Å². The Bertz CT molecular complexity index is 320. The number of fused-ring (bicyclic) bond motifs is 1. The van der Waals surface area contributed by atoms with Crippen LogP contribution in [-0.2, 0) is 9.39 Å². The summed E-state index contributed by atoms with van der Waals surface area (Å²) >= 11 is 0. The second-order valence-corrected chi connectivity index (χ2v) is 6.44. The lowest BCUT2D eigenvalue weighted by atomic mass is 9.50. The molecule has 1 saturated heterocycles. The Morgan fingerprint density at radius 3 is 2.82 bits per heavy atom. The lowest BCUT2D eigenvalue weighted by Gasteiger charge is -2.55. The molecule has 2 atom stereocenters. The van der Waals surface area contributed by atoms with Crippen molar-refractivity contribution in [3.05, 3.63) is 11.6 Å². The van der Waals surface area contributed by atoms with Gasteiger partial charge in [0.2, 0.25) is 0 Å². The van der Waals surface area contributed by atoms with Gasteiger partial charge in [-0.15, -0.1) is 0 Å². The molecule has 0 aromatic carbocycles. The minimum absolute atomic E-state index is 0.544. The fraction of sp³-hybridized carbons (Fsp3) is 0.857. The van der Waals surface area contributed by atoms with Crippen molar-refractivity contribution in [2.75, 3.05) is 19.8 Å². The minimum atomic E-state index is 0.544. The highest BCUT2D eigenvalue weighted by Gasteiger charge is 2.49. The van der Waals surface area contributed by atoms with Gasteiger partial charge >= 0.3 is 0 Å². The van der Waals surface area contributed by atoms with Gasteiger partial charge < -0.3 is 9.39 Å². The Morgan fingerprint density at radius 2 is 2.29 bits per heavy atom. The van der Waals surface area contributed by atoms with Crippen LogP contribution in [0.3, 0.4) is 0 Å². The predicted octanol–water partition coefficient (Wildman–Crippen LogP) is 2.82. The fourth-order valence-electron chi connectivity index (χ4n) is 3.27. The first kappa shape index (κ1) is 11.8. The minimum Gasteiger partial charge on any atom is -0.440 e. The molecular formula is C14H22BO2. The number of rotatable bonds is 5. The van der Waals surface area contributed by atoms with Crippen LogP contribution >= 0.6 is 0 Å². The first-order valence-corrected chi connectivity index (χ1v) is 6.88. The highest BCUT2D eigenvalue weighted by atomic mass is 16.5. The molecule has 4 aliphatic rings. The van der Waals surface area contributed by atoms with Gasteiger partial charge in [0.1, 0.15) is 0 Å². The summed E-state index contributed by atoms with van der Waals surface area (Å²) < 4.78 is 10.7. The van der Waals surface area contributed by atoms with Gasteiger partial charge in [-0.2, -0.15) is 0 Å². The quantitative estimate of drug-likeness (QED) is 0.413. The molecule has 3 heteroatoms. The number of ether oxygens (including phenoxy) is 1. The van der Waals surface area contributed by atoms with Gasteiger partial charge in [0.05, 0.1) is 0 Å². The Kier molecular flexibility index (Phi) is 3.08. The molecule has 2 unspecified atom stereocenters. The van der Waals surface area contributed by atoms with Crippen LogP contribution in [-0.4, -0.2) is 27.3 Å². The van der Waals surface area contributed by atoms with Crippen LogP contribution in [0.1, 0.15) is 33.1 Å². The average molecular weight is 233 g/mol. The van der Waals surface area contributed by atoms with Crippen molar-refractivity contribution in [1.29, 1.82) is 0 Å². The zero-order chi connectivity index (χ0) is 11.9. The third kappa shape index (κ3) is 2.20. The van der Waals surface area contributed by atoms with Gasteiger partial charge in [0.25, 0.3) is 7.48 Å². The maximum atomic E-state index is 5.60. The summed E-state index contributed by atoms with van der Waals surface area (Å²) in [5, 5.41) is 0. The van der Waals surface area contributed by atoms with Crippen molar-refractivity contribution in [2.24, 2.45) is 17.3 Å². The standard InChI is InChI=1S/C14H22BO2/c1-14(2)11-5-10(6-12(14)7-11)3-4-17-15-13-8-16-9-13/h5,11-13H,3-4,6-9H2,1-2H3. The highest BCUT2D eigenvalue weighted by Crippen LogP contribution is 2.58. The second-order valence-electron chi connectivity index (χ2n) is 6.44. The van der Waals surface area contributed by atoms with Crippen molar-refractivity contribution in [3.63, 3.8) is 0 Å². The largest absolute Gasteiger partial charge is 0.440 e. The summed E-state index contributed by atoms with van der Waals surface area (Å²) in [6.45, 7) is 7.38. The zero-order valence-electron chi connectivity index (χ0n) is 10.9. The molecule has 17 heavy (non-hydrogen) atoms. The number of allylic oxidation sites excluding steroid dienone is 1. The first-order valence-electron chi connectivity index (χ1n) is 6.88. The van der Waals surface area contributed by atoms with E-state index in [9.17, 15) is 0 Å². The molecular weight excluding hydrogens is 211 g/mol. The van der Waals surface area contributed by atoms with E-state index in [0.717, 1.165) is 38.1 Å². The van der Waals surface area contributed by atoms with Crippen LogP contribution in [0.25, 0.3) is 0 Å². The van der Waals surface area contributed by atoms with Gasteiger partial charge in [0, 0.05) is 25.6 Å². The molecule has 1 radical (unpaired) electrons. The van der Waals surface area contributed by atoms with E-state index >= 15 is 0 Å². The van der Waals surface area contributed by atoms with Crippen LogP contribution < -0.4 is 0 Å². The highest BCUT2D eigenvalue weighted by molar-refractivity contribution is 6.30. The Hall–Kier alpha value is -0.275. The van der Waals surface area contributed by atoms with E-state index < -0.39 is 0 Å². The monoisotopic (exact) mass is 233 g/mol. The molecule has 2 fully saturated rings. The van der Waals surface area contributed by atoms with E-state index in [0.29, 0.717) is 11.2 Å². The average Bonchev–Trinajstić information content (AvgIpc) is 2.26. The third-order valence-corrected chi connectivity index (χ3v) is 4.99. The summed E-state index contributed by atoms with van der Waals surface area (Å²) in [6, 6.07) is 0. The fourth-order valence-corrected chi connectivity index (χ4v) is 3.27. The number of hydrogen-bond acceptors (Lipinski definition) is 2. The van der Waals surface area contributed by atoms with Gasteiger partial charge in [-0.25, -0.2) is 0 Å². The molecule has 4 rings (SSSR count). The van der Waals surface area contributed by atoms with E-state index in [1.54, 1.807) is 5.57 Å².